The molecule has 0 rings (SSSR count). The largest absolute Gasteiger partial charge is 0.396 e. The zero-order valence-corrected chi connectivity index (χ0v) is 6.80. The fourth-order valence-corrected chi connectivity index (χ4v) is 0.535. The van der Waals surface area contributed by atoms with Crippen LogP contribution in [0.1, 0.15) is 13.8 Å². The molecule has 0 aromatic heterocycles. The van der Waals surface area contributed by atoms with Gasteiger partial charge in [0.25, 0.3) is 0 Å². The van der Waals surface area contributed by atoms with Crippen LogP contribution in [0.3, 0.4) is 0 Å². The van der Waals surface area contributed by atoms with E-state index in [0.29, 0.717) is 12.0 Å². The normalized spacial score (nSPS) is 16.3. The molecule has 0 fully saturated rings. The molecule has 60 valence electrons. The van der Waals surface area contributed by atoms with E-state index in [4.69, 9.17) is 5.11 Å². The van der Waals surface area contributed by atoms with Crippen LogP contribution in [-0.4, -0.2) is 24.3 Å². The summed E-state index contributed by atoms with van der Waals surface area (Å²) in [5.41, 5.74) is 0. The molecule has 2 atom stereocenters. The van der Waals surface area contributed by atoms with Gasteiger partial charge in [0.15, 0.2) is 0 Å². The predicted octanol–water partition coefficient (Wildman–Crippen LogP) is 0.779. The number of nitrogens with one attached hydrogen (secondary N) is 1. The Kier molecular flexibility index (Phi) is 5.26. The van der Waals surface area contributed by atoms with Crippen LogP contribution >= 0.6 is 0 Å². The van der Waals surface area contributed by atoms with Crippen molar-refractivity contribution in [3.8, 4) is 0 Å². The van der Waals surface area contributed by atoms with Gasteiger partial charge in [0.2, 0.25) is 0 Å². The van der Waals surface area contributed by atoms with E-state index in [1.807, 2.05) is 19.9 Å². The summed E-state index contributed by atoms with van der Waals surface area (Å²) >= 11 is 0. The van der Waals surface area contributed by atoms with Crippen LogP contribution in [0, 0.1) is 5.92 Å². The molecule has 0 aromatic rings. The lowest BCUT2D eigenvalue weighted by Crippen LogP contribution is -2.29. The van der Waals surface area contributed by atoms with Gasteiger partial charge in [-0.1, -0.05) is 13.0 Å². The third kappa shape index (κ3) is 4.53. The Morgan fingerprint density at radius 1 is 1.60 bits per heavy atom. The summed E-state index contributed by atoms with van der Waals surface area (Å²) < 4.78 is 0. The Labute approximate surface area is 62.9 Å². The molecule has 0 saturated heterocycles. The highest BCUT2D eigenvalue weighted by Gasteiger charge is 1.99. The summed E-state index contributed by atoms with van der Waals surface area (Å²) in [4.78, 5) is 0. The third-order valence-electron chi connectivity index (χ3n) is 1.45. The van der Waals surface area contributed by atoms with Crippen molar-refractivity contribution in [2.24, 2.45) is 5.92 Å². The molecular weight excluding hydrogens is 126 g/mol. The monoisotopic (exact) mass is 143 g/mol. The van der Waals surface area contributed by atoms with Crippen LogP contribution in [0.4, 0.5) is 0 Å². The molecular formula is C8H17NO. The molecule has 0 saturated carbocycles. The first-order valence-corrected chi connectivity index (χ1v) is 3.67. The van der Waals surface area contributed by atoms with Crippen LogP contribution in [-0.2, 0) is 0 Å². The zero-order valence-electron chi connectivity index (χ0n) is 6.80. The predicted molar refractivity (Wildman–Crippen MR) is 43.9 cm³/mol. The maximum Gasteiger partial charge on any atom is 0.0468 e. The van der Waals surface area contributed by atoms with Crippen molar-refractivity contribution >= 4 is 0 Å². The number of hydrogen-bond acceptors (Lipinski definition) is 2. The summed E-state index contributed by atoms with van der Waals surface area (Å²) in [6, 6.07) is 0.342. The van der Waals surface area contributed by atoms with Gasteiger partial charge >= 0.3 is 0 Å². The van der Waals surface area contributed by atoms with Gasteiger partial charge in [-0.3, -0.25) is 0 Å². The number of rotatable bonds is 5. The average Bonchev–Trinajstić information content (AvgIpc) is 1.99. The van der Waals surface area contributed by atoms with Gasteiger partial charge in [0.05, 0.1) is 0 Å². The minimum atomic E-state index is 0.247. The molecule has 0 aliphatic heterocycles. The molecule has 0 heterocycles. The summed E-state index contributed by atoms with van der Waals surface area (Å²) in [6.07, 6.45) is 1.85. The Bertz CT molecular complexity index is 93.3. The van der Waals surface area contributed by atoms with Gasteiger partial charge in [-0.25, -0.2) is 0 Å². The van der Waals surface area contributed by atoms with E-state index in [1.165, 1.54) is 0 Å². The lowest BCUT2D eigenvalue weighted by molar-refractivity contribution is 0.232. The molecule has 0 aliphatic rings. The Hall–Kier alpha value is -0.340. The Morgan fingerprint density at radius 2 is 2.20 bits per heavy atom. The summed E-state index contributed by atoms with van der Waals surface area (Å²) in [7, 11) is 0. The Morgan fingerprint density at radius 3 is 2.60 bits per heavy atom. The maximum absolute atomic E-state index is 8.65. The van der Waals surface area contributed by atoms with E-state index in [0.717, 1.165) is 6.54 Å². The van der Waals surface area contributed by atoms with Crippen molar-refractivity contribution < 1.29 is 5.11 Å². The van der Waals surface area contributed by atoms with Crippen LogP contribution in [0.25, 0.3) is 0 Å². The molecule has 0 bridgehead atoms. The maximum atomic E-state index is 8.65. The number of hydrogen-bond donors (Lipinski definition) is 2. The standard InChI is InChI=1S/C8H17NO/c1-4-8(3)9-5-7(2)6-10/h4,7-10H,1,5-6H2,2-3H3. The lowest BCUT2D eigenvalue weighted by atomic mass is 10.2. The van der Waals surface area contributed by atoms with E-state index in [1.54, 1.807) is 0 Å². The highest BCUT2D eigenvalue weighted by Crippen LogP contribution is 1.90. The molecule has 0 radical (unpaired) electrons. The third-order valence-corrected chi connectivity index (χ3v) is 1.45. The molecule has 10 heavy (non-hydrogen) atoms. The topological polar surface area (TPSA) is 32.3 Å². The highest BCUT2D eigenvalue weighted by atomic mass is 16.3. The Balaban J connectivity index is 3.25. The second-order valence-electron chi connectivity index (χ2n) is 2.72. The van der Waals surface area contributed by atoms with Crippen molar-refractivity contribution in [2.75, 3.05) is 13.2 Å². The van der Waals surface area contributed by atoms with Crippen molar-refractivity contribution in [3.63, 3.8) is 0 Å². The fraction of sp³-hybridized carbons (Fsp3) is 0.750. The van der Waals surface area contributed by atoms with Crippen molar-refractivity contribution in [1.29, 1.82) is 0 Å². The SMILES string of the molecule is C=CC(C)NCC(C)CO. The van der Waals surface area contributed by atoms with E-state index >= 15 is 0 Å². The molecule has 0 aliphatic carbocycles. The molecule has 2 unspecified atom stereocenters. The molecule has 2 heteroatoms. The van der Waals surface area contributed by atoms with Crippen molar-refractivity contribution in [1.82, 2.24) is 5.32 Å². The summed E-state index contributed by atoms with van der Waals surface area (Å²) in [5, 5.41) is 11.9. The van der Waals surface area contributed by atoms with Gasteiger partial charge in [0.1, 0.15) is 0 Å². The van der Waals surface area contributed by atoms with E-state index < -0.39 is 0 Å². The number of aliphatic hydroxyl groups excluding tert-OH is 1. The van der Waals surface area contributed by atoms with Crippen LogP contribution in [0.5, 0.6) is 0 Å². The molecule has 0 amide bonds. The first-order chi connectivity index (χ1) is 4.70. The summed E-state index contributed by atoms with van der Waals surface area (Å²) in [5.74, 6) is 0.336. The minimum absolute atomic E-state index is 0.247. The average molecular weight is 143 g/mol. The molecule has 0 aromatic carbocycles. The second kappa shape index (κ2) is 5.45. The minimum Gasteiger partial charge on any atom is -0.396 e. The van der Waals surface area contributed by atoms with Gasteiger partial charge in [0, 0.05) is 19.2 Å². The van der Waals surface area contributed by atoms with Crippen molar-refractivity contribution in [2.45, 2.75) is 19.9 Å². The van der Waals surface area contributed by atoms with Crippen LogP contribution in [0.2, 0.25) is 0 Å². The van der Waals surface area contributed by atoms with Crippen LogP contribution < -0.4 is 5.32 Å². The quantitative estimate of drug-likeness (QED) is 0.557. The van der Waals surface area contributed by atoms with E-state index in [-0.39, 0.29) is 6.61 Å². The highest BCUT2D eigenvalue weighted by molar-refractivity contribution is 4.81. The van der Waals surface area contributed by atoms with Crippen LogP contribution in [0.15, 0.2) is 12.7 Å². The van der Waals surface area contributed by atoms with Gasteiger partial charge in [-0.15, -0.1) is 6.58 Å². The number of aliphatic hydroxyl groups is 1. The molecule has 2 N–H and O–H groups in total. The first-order valence-electron chi connectivity index (χ1n) is 3.67. The van der Waals surface area contributed by atoms with Gasteiger partial charge in [-0.05, 0) is 12.8 Å². The fourth-order valence-electron chi connectivity index (χ4n) is 0.535. The summed E-state index contributed by atoms with van der Waals surface area (Å²) in [6.45, 7) is 8.78. The van der Waals surface area contributed by atoms with Gasteiger partial charge < -0.3 is 10.4 Å². The smallest absolute Gasteiger partial charge is 0.0468 e. The van der Waals surface area contributed by atoms with E-state index in [9.17, 15) is 0 Å². The second-order valence-corrected chi connectivity index (χ2v) is 2.72. The first kappa shape index (κ1) is 9.66. The van der Waals surface area contributed by atoms with E-state index in [2.05, 4.69) is 11.9 Å². The molecule has 0 spiro atoms. The zero-order chi connectivity index (χ0) is 7.98. The van der Waals surface area contributed by atoms with Crippen molar-refractivity contribution in [3.05, 3.63) is 12.7 Å². The molecule has 2 nitrogen and oxygen atoms in total. The lowest BCUT2D eigenvalue weighted by Gasteiger charge is -2.12. The van der Waals surface area contributed by atoms with Gasteiger partial charge in [-0.2, -0.15) is 0 Å².